The molecular formula is C19H24N2O2. The molecule has 122 valence electrons. The molecule has 23 heavy (non-hydrogen) atoms. The predicted molar refractivity (Wildman–Crippen MR) is 90.0 cm³/mol. The van der Waals surface area contributed by atoms with E-state index in [0.29, 0.717) is 18.4 Å². The molecule has 4 nitrogen and oxygen atoms in total. The summed E-state index contributed by atoms with van der Waals surface area (Å²) in [5.41, 5.74) is 1.70. The maximum atomic E-state index is 12.7. The predicted octanol–water partition coefficient (Wildman–Crippen LogP) is 3.98. The second-order valence-electron chi connectivity index (χ2n) is 6.21. The summed E-state index contributed by atoms with van der Waals surface area (Å²) >= 11 is 0. The third-order valence-corrected chi connectivity index (χ3v) is 4.65. The number of hydrogen-bond donors (Lipinski definition) is 0. The molecule has 2 aromatic rings. The number of nitrogens with zero attached hydrogens (tertiary/aromatic N) is 2. The maximum Gasteiger partial charge on any atom is 0.228 e. The second-order valence-corrected chi connectivity index (χ2v) is 6.21. The van der Waals surface area contributed by atoms with Gasteiger partial charge < -0.3 is 9.32 Å². The Hall–Kier alpha value is -2.10. The molecule has 1 saturated heterocycles. The van der Waals surface area contributed by atoms with E-state index < -0.39 is 0 Å². The third kappa shape index (κ3) is 3.46. The van der Waals surface area contributed by atoms with Gasteiger partial charge in [-0.25, -0.2) is 4.98 Å². The number of amides is 1. The maximum absolute atomic E-state index is 12.7. The van der Waals surface area contributed by atoms with Gasteiger partial charge in [0.1, 0.15) is 5.76 Å². The summed E-state index contributed by atoms with van der Waals surface area (Å²) in [5.74, 6) is 1.51. The highest BCUT2D eigenvalue weighted by Gasteiger charge is 2.26. The molecule has 0 radical (unpaired) electrons. The molecule has 0 N–H and O–H groups in total. The van der Waals surface area contributed by atoms with Crippen LogP contribution in [-0.4, -0.2) is 28.4 Å². The zero-order valence-corrected chi connectivity index (χ0v) is 13.9. The molecule has 1 aliphatic heterocycles. The summed E-state index contributed by atoms with van der Waals surface area (Å²) < 4.78 is 5.76. The molecule has 1 fully saturated rings. The van der Waals surface area contributed by atoms with E-state index in [9.17, 15) is 4.79 Å². The van der Waals surface area contributed by atoms with Crippen LogP contribution in [0.4, 0.5) is 0 Å². The normalized spacial score (nSPS) is 18.2. The van der Waals surface area contributed by atoms with Crippen molar-refractivity contribution < 1.29 is 9.21 Å². The van der Waals surface area contributed by atoms with Crippen molar-refractivity contribution in [1.29, 1.82) is 0 Å². The van der Waals surface area contributed by atoms with Gasteiger partial charge in [0.05, 0.1) is 12.1 Å². The third-order valence-electron chi connectivity index (χ3n) is 4.65. The molecule has 1 unspecified atom stereocenters. The van der Waals surface area contributed by atoms with Gasteiger partial charge in [0.15, 0.2) is 0 Å². The minimum atomic E-state index is 0.174. The summed E-state index contributed by atoms with van der Waals surface area (Å²) in [4.78, 5) is 19.3. The molecule has 1 aromatic heterocycles. The van der Waals surface area contributed by atoms with Gasteiger partial charge in [-0.1, -0.05) is 25.1 Å². The van der Waals surface area contributed by atoms with Crippen molar-refractivity contribution in [3.05, 3.63) is 41.8 Å². The minimum Gasteiger partial charge on any atom is -0.441 e. The van der Waals surface area contributed by atoms with Crippen LogP contribution in [0.5, 0.6) is 0 Å². The van der Waals surface area contributed by atoms with Crippen molar-refractivity contribution in [1.82, 2.24) is 9.88 Å². The number of benzene rings is 1. The Kier molecular flexibility index (Phi) is 4.79. The first-order valence-corrected chi connectivity index (χ1v) is 8.50. The second kappa shape index (κ2) is 6.99. The van der Waals surface area contributed by atoms with Crippen molar-refractivity contribution in [2.75, 3.05) is 6.54 Å². The molecule has 2 heterocycles. The van der Waals surface area contributed by atoms with E-state index in [1.54, 1.807) is 0 Å². The molecule has 0 aliphatic carbocycles. The van der Waals surface area contributed by atoms with Crippen LogP contribution in [0, 0.1) is 6.92 Å². The van der Waals surface area contributed by atoms with Gasteiger partial charge in [-0.15, -0.1) is 0 Å². The smallest absolute Gasteiger partial charge is 0.228 e. The van der Waals surface area contributed by atoms with E-state index >= 15 is 0 Å². The first-order chi connectivity index (χ1) is 11.2. The van der Waals surface area contributed by atoms with E-state index in [1.807, 2.05) is 42.2 Å². The largest absolute Gasteiger partial charge is 0.441 e. The van der Waals surface area contributed by atoms with Crippen LogP contribution in [0.1, 0.15) is 44.1 Å². The highest BCUT2D eigenvalue weighted by molar-refractivity contribution is 5.79. The summed E-state index contributed by atoms with van der Waals surface area (Å²) in [5, 5.41) is 0. The number of aromatic nitrogens is 1. The van der Waals surface area contributed by atoms with Crippen LogP contribution >= 0.6 is 0 Å². The molecule has 0 spiro atoms. The molecular weight excluding hydrogens is 288 g/mol. The number of oxazole rings is 1. The van der Waals surface area contributed by atoms with Crippen LogP contribution in [-0.2, 0) is 11.2 Å². The monoisotopic (exact) mass is 312 g/mol. The zero-order valence-electron chi connectivity index (χ0n) is 13.9. The highest BCUT2D eigenvalue weighted by Crippen LogP contribution is 2.24. The zero-order chi connectivity index (χ0) is 16.2. The Morgan fingerprint density at radius 3 is 2.83 bits per heavy atom. The quantitative estimate of drug-likeness (QED) is 0.857. The number of rotatable bonds is 4. The number of likely N-dealkylation sites (tertiary alicyclic amines) is 1. The molecule has 0 saturated carbocycles. The molecule has 3 rings (SSSR count). The lowest BCUT2D eigenvalue weighted by atomic mass is 9.99. The van der Waals surface area contributed by atoms with Crippen LogP contribution in [0.2, 0.25) is 0 Å². The Balaban J connectivity index is 1.75. The van der Waals surface area contributed by atoms with E-state index in [2.05, 4.69) is 11.9 Å². The first kappa shape index (κ1) is 15.8. The number of carbonyl (C=O) groups excluding carboxylic acids is 1. The first-order valence-electron chi connectivity index (χ1n) is 8.50. The molecule has 1 aromatic carbocycles. The van der Waals surface area contributed by atoms with E-state index in [-0.39, 0.29) is 5.91 Å². The summed E-state index contributed by atoms with van der Waals surface area (Å²) in [7, 11) is 0. The van der Waals surface area contributed by atoms with Crippen molar-refractivity contribution in [3.8, 4) is 11.5 Å². The number of piperidine rings is 1. The van der Waals surface area contributed by atoms with E-state index in [0.717, 1.165) is 42.8 Å². The van der Waals surface area contributed by atoms with Crippen LogP contribution in [0.15, 0.2) is 34.7 Å². The minimum absolute atomic E-state index is 0.174. The highest BCUT2D eigenvalue weighted by atomic mass is 16.4. The lowest BCUT2D eigenvalue weighted by Gasteiger charge is -2.35. The fourth-order valence-corrected chi connectivity index (χ4v) is 3.29. The average Bonchev–Trinajstić information content (AvgIpc) is 2.96. The molecule has 1 amide bonds. The van der Waals surface area contributed by atoms with Crippen molar-refractivity contribution in [3.63, 3.8) is 0 Å². The lowest BCUT2D eigenvalue weighted by Crippen LogP contribution is -2.44. The summed E-state index contributed by atoms with van der Waals surface area (Å²) in [6, 6.07) is 10.2. The van der Waals surface area contributed by atoms with Crippen molar-refractivity contribution in [2.45, 2.75) is 52.0 Å². The van der Waals surface area contributed by atoms with Gasteiger partial charge in [0.25, 0.3) is 0 Å². The number of aryl methyl sites for hydroxylation is 1. The Labute approximate surface area is 137 Å². The van der Waals surface area contributed by atoms with Gasteiger partial charge in [0.2, 0.25) is 11.8 Å². The molecule has 0 bridgehead atoms. The van der Waals surface area contributed by atoms with E-state index in [4.69, 9.17) is 4.42 Å². The standard InChI is InChI=1S/C19H24N2O2/c1-3-16-11-7-8-12-21(16)18(22)13-17-14(2)23-19(20-17)15-9-5-4-6-10-15/h4-6,9-10,16H,3,7-8,11-13H2,1-2H3. The van der Waals surface area contributed by atoms with Gasteiger partial charge in [-0.3, -0.25) is 4.79 Å². The van der Waals surface area contributed by atoms with Crippen LogP contribution in [0.25, 0.3) is 11.5 Å². The fourth-order valence-electron chi connectivity index (χ4n) is 3.29. The molecule has 4 heteroatoms. The Bertz CT molecular complexity index is 663. The van der Waals surface area contributed by atoms with Gasteiger partial charge >= 0.3 is 0 Å². The van der Waals surface area contributed by atoms with Crippen LogP contribution < -0.4 is 0 Å². The molecule has 1 atom stereocenters. The van der Waals surface area contributed by atoms with Crippen molar-refractivity contribution in [2.24, 2.45) is 0 Å². The Morgan fingerprint density at radius 2 is 2.09 bits per heavy atom. The summed E-state index contributed by atoms with van der Waals surface area (Å²) in [6.07, 6.45) is 4.81. The Morgan fingerprint density at radius 1 is 1.30 bits per heavy atom. The fraction of sp³-hybridized carbons (Fsp3) is 0.474. The average molecular weight is 312 g/mol. The SMILES string of the molecule is CCC1CCCCN1C(=O)Cc1nc(-c2ccccc2)oc1C. The van der Waals surface area contributed by atoms with Gasteiger partial charge in [0, 0.05) is 18.2 Å². The van der Waals surface area contributed by atoms with Gasteiger partial charge in [-0.2, -0.15) is 0 Å². The number of hydrogen-bond acceptors (Lipinski definition) is 3. The van der Waals surface area contributed by atoms with Crippen LogP contribution in [0.3, 0.4) is 0 Å². The van der Waals surface area contributed by atoms with Gasteiger partial charge in [-0.05, 0) is 44.7 Å². The molecule has 1 aliphatic rings. The summed E-state index contributed by atoms with van der Waals surface area (Å²) in [6.45, 7) is 4.92. The van der Waals surface area contributed by atoms with E-state index in [1.165, 1.54) is 6.42 Å². The lowest BCUT2D eigenvalue weighted by molar-refractivity contribution is -0.134. The topological polar surface area (TPSA) is 46.3 Å². The number of carbonyl (C=O) groups is 1. The van der Waals surface area contributed by atoms with Crippen molar-refractivity contribution >= 4 is 5.91 Å².